The van der Waals surface area contributed by atoms with E-state index in [-0.39, 0.29) is 19.1 Å². The van der Waals surface area contributed by atoms with Gasteiger partial charge in [0, 0.05) is 25.8 Å². The zero-order valence-electron chi connectivity index (χ0n) is 10.5. The van der Waals surface area contributed by atoms with Gasteiger partial charge < -0.3 is 10.0 Å². The summed E-state index contributed by atoms with van der Waals surface area (Å²) in [5, 5.41) is 9.10. The number of hydrogen-bond acceptors (Lipinski definition) is 2. The molecule has 1 N–H and O–H groups in total. The van der Waals surface area contributed by atoms with Crippen LogP contribution in [0.15, 0.2) is 24.3 Å². The van der Waals surface area contributed by atoms with Crippen molar-refractivity contribution in [2.24, 2.45) is 5.92 Å². The summed E-state index contributed by atoms with van der Waals surface area (Å²) in [5.74, 6) is -1.42. The van der Waals surface area contributed by atoms with Crippen LogP contribution in [0.3, 0.4) is 0 Å². The predicted molar refractivity (Wildman–Crippen MR) is 67.7 cm³/mol. The fraction of sp³-hybridized carbons (Fsp3) is 0.385. The maximum Gasteiger partial charge on any atom is 0.324 e. The van der Waals surface area contributed by atoms with Gasteiger partial charge in [-0.1, -0.05) is 12.1 Å². The van der Waals surface area contributed by atoms with E-state index < -0.39 is 11.9 Å². The molecule has 1 aromatic rings. The molecular weight excluding hydrogens is 232 g/mol. The Morgan fingerprint density at radius 3 is 2.72 bits per heavy atom. The minimum absolute atomic E-state index is 0.155. The average Bonchev–Trinajstić information content (AvgIpc) is 2.32. The molecular formula is C13H16N2O3. The van der Waals surface area contributed by atoms with Gasteiger partial charge in [0.2, 0.25) is 0 Å². The molecule has 1 fully saturated rings. The van der Waals surface area contributed by atoms with Gasteiger partial charge in [-0.05, 0) is 24.6 Å². The van der Waals surface area contributed by atoms with Crippen LogP contribution in [0.5, 0.6) is 0 Å². The molecule has 1 aliphatic rings. The van der Waals surface area contributed by atoms with E-state index >= 15 is 0 Å². The molecule has 0 aliphatic carbocycles. The van der Waals surface area contributed by atoms with Gasteiger partial charge in [-0.25, -0.2) is 4.79 Å². The number of hydrogen-bond donors (Lipinski definition) is 1. The van der Waals surface area contributed by atoms with Gasteiger partial charge in [-0.15, -0.1) is 0 Å². The monoisotopic (exact) mass is 248 g/mol. The van der Waals surface area contributed by atoms with Gasteiger partial charge in [0.05, 0.1) is 5.92 Å². The molecule has 0 spiro atoms. The molecule has 18 heavy (non-hydrogen) atoms. The fourth-order valence-electron chi connectivity index (χ4n) is 2.14. The number of aliphatic carboxylic acids is 1. The SMILES string of the molecule is Cc1cccc(N2CC(C(=O)O)CN(C)C2=O)c1. The van der Waals surface area contributed by atoms with Crippen molar-refractivity contribution in [3.05, 3.63) is 29.8 Å². The number of nitrogens with zero attached hydrogens (tertiary/aromatic N) is 2. The summed E-state index contributed by atoms with van der Waals surface area (Å²) in [6, 6.07) is 7.36. The van der Waals surface area contributed by atoms with Gasteiger partial charge in [0.1, 0.15) is 0 Å². The second kappa shape index (κ2) is 4.68. The van der Waals surface area contributed by atoms with Crippen molar-refractivity contribution in [2.45, 2.75) is 6.92 Å². The topological polar surface area (TPSA) is 60.9 Å². The number of urea groups is 1. The Kier molecular flexibility index (Phi) is 3.23. The molecule has 1 heterocycles. The Morgan fingerprint density at radius 1 is 1.39 bits per heavy atom. The number of carboxylic acid groups (broad SMARTS) is 1. The highest BCUT2D eigenvalue weighted by molar-refractivity contribution is 5.94. The first-order valence-corrected chi connectivity index (χ1v) is 5.81. The number of carbonyl (C=O) groups is 2. The summed E-state index contributed by atoms with van der Waals surface area (Å²) < 4.78 is 0. The molecule has 0 aromatic heterocycles. The minimum Gasteiger partial charge on any atom is -0.481 e. The molecule has 1 unspecified atom stereocenters. The number of carbonyl (C=O) groups excluding carboxylic acids is 1. The lowest BCUT2D eigenvalue weighted by Crippen LogP contribution is -2.54. The molecule has 0 bridgehead atoms. The van der Waals surface area contributed by atoms with Crippen molar-refractivity contribution in [2.75, 3.05) is 25.0 Å². The molecule has 0 saturated carbocycles. The second-order valence-corrected chi connectivity index (χ2v) is 4.65. The van der Waals surface area contributed by atoms with Crippen molar-refractivity contribution >= 4 is 17.7 Å². The molecule has 1 aliphatic heterocycles. The van der Waals surface area contributed by atoms with Crippen LogP contribution in [-0.4, -0.2) is 42.1 Å². The van der Waals surface area contributed by atoms with E-state index in [1.807, 2.05) is 31.2 Å². The largest absolute Gasteiger partial charge is 0.481 e. The van der Waals surface area contributed by atoms with Gasteiger partial charge in [0.25, 0.3) is 0 Å². The van der Waals surface area contributed by atoms with Crippen molar-refractivity contribution in [3.63, 3.8) is 0 Å². The van der Waals surface area contributed by atoms with Crippen LogP contribution in [0.25, 0.3) is 0 Å². The summed E-state index contributed by atoms with van der Waals surface area (Å²) in [4.78, 5) is 26.1. The maximum atomic E-state index is 12.1. The smallest absolute Gasteiger partial charge is 0.324 e. The third-order valence-corrected chi connectivity index (χ3v) is 3.12. The quantitative estimate of drug-likeness (QED) is 0.864. The van der Waals surface area contributed by atoms with Gasteiger partial charge in [-0.3, -0.25) is 9.69 Å². The molecule has 1 saturated heterocycles. The third-order valence-electron chi connectivity index (χ3n) is 3.12. The molecule has 0 radical (unpaired) electrons. The molecule has 1 atom stereocenters. The fourth-order valence-corrected chi connectivity index (χ4v) is 2.14. The van der Waals surface area contributed by atoms with E-state index in [0.717, 1.165) is 11.3 Å². The van der Waals surface area contributed by atoms with E-state index in [4.69, 9.17) is 5.11 Å². The van der Waals surface area contributed by atoms with Crippen LogP contribution in [0.1, 0.15) is 5.56 Å². The number of carboxylic acids is 1. The van der Waals surface area contributed by atoms with Crippen LogP contribution in [0, 0.1) is 12.8 Å². The van der Waals surface area contributed by atoms with Gasteiger partial charge >= 0.3 is 12.0 Å². The molecule has 2 amide bonds. The van der Waals surface area contributed by atoms with Gasteiger partial charge in [-0.2, -0.15) is 0 Å². The van der Waals surface area contributed by atoms with Gasteiger partial charge in [0.15, 0.2) is 0 Å². The van der Waals surface area contributed by atoms with Crippen LogP contribution >= 0.6 is 0 Å². The first-order valence-electron chi connectivity index (χ1n) is 5.81. The normalized spacial score (nSPS) is 20.1. The van der Waals surface area contributed by atoms with Crippen molar-refractivity contribution in [1.82, 2.24) is 4.90 Å². The highest BCUT2D eigenvalue weighted by Gasteiger charge is 2.34. The Balaban J connectivity index is 2.30. The Bertz CT molecular complexity index is 487. The molecule has 1 aromatic carbocycles. The van der Waals surface area contributed by atoms with Crippen molar-refractivity contribution < 1.29 is 14.7 Å². The Hall–Kier alpha value is -2.04. The highest BCUT2D eigenvalue weighted by atomic mass is 16.4. The van der Waals surface area contributed by atoms with Crippen LogP contribution in [0.4, 0.5) is 10.5 Å². The summed E-state index contributed by atoms with van der Waals surface area (Å²) in [6.07, 6.45) is 0. The maximum absolute atomic E-state index is 12.1. The molecule has 5 nitrogen and oxygen atoms in total. The zero-order chi connectivity index (χ0) is 13.3. The summed E-state index contributed by atoms with van der Waals surface area (Å²) in [5.41, 5.74) is 1.79. The highest BCUT2D eigenvalue weighted by Crippen LogP contribution is 2.22. The number of benzene rings is 1. The number of rotatable bonds is 2. The standard InChI is InChI=1S/C13H16N2O3/c1-9-4-3-5-11(6-9)15-8-10(12(16)17)7-14(2)13(15)18/h3-6,10H,7-8H2,1-2H3,(H,16,17). The van der Waals surface area contributed by atoms with Crippen molar-refractivity contribution in [3.8, 4) is 0 Å². The predicted octanol–water partition coefficient (Wildman–Crippen LogP) is 1.57. The summed E-state index contributed by atoms with van der Waals surface area (Å²) in [6.45, 7) is 2.43. The third kappa shape index (κ3) is 2.30. The summed E-state index contributed by atoms with van der Waals surface area (Å²) >= 11 is 0. The van der Waals surface area contributed by atoms with Crippen molar-refractivity contribution in [1.29, 1.82) is 0 Å². The molecule has 2 rings (SSSR count). The Morgan fingerprint density at radius 2 is 2.11 bits per heavy atom. The minimum atomic E-state index is -0.869. The van der Waals surface area contributed by atoms with E-state index in [1.54, 1.807) is 7.05 Å². The molecule has 96 valence electrons. The zero-order valence-corrected chi connectivity index (χ0v) is 10.5. The lowest BCUT2D eigenvalue weighted by atomic mass is 10.1. The lowest BCUT2D eigenvalue weighted by molar-refractivity contribution is -0.141. The molecule has 5 heteroatoms. The first kappa shape index (κ1) is 12.4. The number of aryl methyl sites for hydroxylation is 1. The average molecular weight is 248 g/mol. The second-order valence-electron chi connectivity index (χ2n) is 4.65. The van der Waals surface area contributed by atoms with E-state index in [9.17, 15) is 9.59 Å². The van der Waals surface area contributed by atoms with Crippen LogP contribution in [-0.2, 0) is 4.79 Å². The van der Waals surface area contributed by atoms with Crippen LogP contribution in [0.2, 0.25) is 0 Å². The van der Waals surface area contributed by atoms with E-state index in [0.29, 0.717) is 0 Å². The van der Waals surface area contributed by atoms with E-state index in [2.05, 4.69) is 0 Å². The number of anilines is 1. The lowest BCUT2D eigenvalue weighted by Gasteiger charge is -2.36. The number of amides is 2. The first-order chi connectivity index (χ1) is 8.49. The summed E-state index contributed by atoms with van der Waals surface area (Å²) in [7, 11) is 1.63. The van der Waals surface area contributed by atoms with Crippen LogP contribution < -0.4 is 4.90 Å². The Labute approximate surface area is 106 Å². The van der Waals surface area contributed by atoms with E-state index in [1.165, 1.54) is 9.80 Å².